The van der Waals surface area contributed by atoms with Crippen LogP contribution in [-0.2, 0) is 0 Å². The van der Waals surface area contributed by atoms with E-state index in [0.717, 1.165) is 5.75 Å². The molecule has 2 rings (SSSR count). The van der Waals surface area contributed by atoms with Crippen LogP contribution in [0.2, 0.25) is 0 Å². The smallest absolute Gasteiger partial charge is 0.118 e. The van der Waals surface area contributed by atoms with E-state index >= 15 is 0 Å². The number of nitrogens with zero attached hydrogens (tertiary/aromatic N) is 1. The molecule has 1 aliphatic rings. The lowest BCUT2D eigenvalue weighted by Gasteiger charge is -2.13. The molecule has 2 nitrogen and oxygen atoms in total. The molecule has 1 aliphatic heterocycles. The van der Waals surface area contributed by atoms with Gasteiger partial charge in [0.1, 0.15) is 5.75 Å². The van der Waals surface area contributed by atoms with Crippen LogP contribution in [0.1, 0.15) is 24.7 Å². The van der Waals surface area contributed by atoms with E-state index in [1.54, 1.807) is 7.11 Å². The monoisotopic (exact) mass is 221 g/mol. The van der Waals surface area contributed by atoms with Crippen molar-refractivity contribution in [3.05, 3.63) is 29.8 Å². The van der Waals surface area contributed by atoms with Crippen molar-refractivity contribution in [1.82, 2.24) is 0 Å². The van der Waals surface area contributed by atoms with E-state index in [2.05, 4.69) is 31.0 Å². The minimum absolute atomic E-state index is 0.378. The van der Waals surface area contributed by atoms with Crippen LogP contribution in [-0.4, -0.2) is 18.2 Å². The number of benzene rings is 1. The number of hydrogen-bond donors (Lipinski definition) is 0. The first kappa shape index (κ1) is 10.6. The lowest BCUT2D eigenvalue weighted by Crippen LogP contribution is -2.04. The van der Waals surface area contributed by atoms with E-state index in [0.29, 0.717) is 11.3 Å². The van der Waals surface area contributed by atoms with Gasteiger partial charge in [-0.2, -0.15) is 0 Å². The van der Waals surface area contributed by atoms with Gasteiger partial charge < -0.3 is 4.74 Å². The summed E-state index contributed by atoms with van der Waals surface area (Å²) in [6.45, 7) is 4.24. The van der Waals surface area contributed by atoms with Crippen molar-refractivity contribution < 1.29 is 4.74 Å². The Morgan fingerprint density at radius 3 is 2.40 bits per heavy atom. The molecular weight excluding hydrogens is 206 g/mol. The molecule has 1 heterocycles. The van der Waals surface area contributed by atoms with Gasteiger partial charge in [0, 0.05) is 0 Å². The number of ether oxygens (including phenoxy) is 1. The molecular formula is C12H15NOS. The van der Waals surface area contributed by atoms with E-state index in [9.17, 15) is 0 Å². The average molecular weight is 221 g/mol. The van der Waals surface area contributed by atoms with E-state index in [4.69, 9.17) is 4.74 Å². The summed E-state index contributed by atoms with van der Waals surface area (Å²) in [5.74, 6) is 0.909. The first-order chi connectivity index (χ1) is 7.20. The lowest BCUT2D eigenvalue weighted by atomic mass is 10.1. The normalized spacial score (nSPS) is 25.1. The third-order valence-electron chi connectivity index (χ3n) is 2.57. The molecule has 0 fully saturated rings. The molecule has 0 amide bonds. The highest BCUT2D eigenvalue weighted by molar-refractivity contribution is 8.14. The SMILES string of the molecule is COc1ccc(C2SC(C)=N[C@@H]2C)cc1. The minimum Gasteiger partial charge on any atom is -0.497 e. The Morgan fingerprint density at radius 2 is 1.93 bits per heavy atom. The second-order valence-corrected chi connectivity index (χ2v) is 5.03. The molecule has 0 N–H and O–H groups in total. The highest BCUT2D eigenvalue weighted by Gasteiger charge is 2.25. The summed E-state index contributed by atoms with van der Waals surface area (Å²) in [5.41, 5.74) is 1.33. The van der Waals surface area contributed by atoms with Gasteiger partial charge in [0.2, 0.25) is 0 Å². The molecule has 2 atom stereocenters. The van der Waals surface area contributed by atoms with Crippen LogP contribution in [0.15, 0.2) is 29.3 Å². The van der Waals surface area contributed by atoms with Crippen LogP contribution in [0.3, 0.4) is 0 Å². The Balaban J connectivity index is 2.17. The zero-order valence-corrected chi connectivity index (χ0v) is 10.0. The molecule has 0 saturated carbocycles. The predicted octanol–water partition coefficient (Wildman–Crippen LogP) is 3.29. The highest BCUT2D eigenvalue weighted by atomic mass is 32.2. The van der Waals surface area contributed by atoms with E-state index in [1.165, 1.54) is 10.6 Å². The highest BCUT2D eigenvalue weighted by Crippen LogP contribution is 2.40. The van der Waals surface area contributed by atoms with Crippen molar-refractivity contribution in [2.45, 2.75) is 25.1 Å². The van der Waals surface area contributed by atoms with Crippen molar-refractivity contribution in [2.24, 2.45) is 4.99 Å². The first-order valence-corrected chi connectivity index (χ1v) is 5.93. The number of aliphatic imine (C=N–C) groups is 1. The van der Waals surface area contributed by atoms with E-state index in [1.807, 2.05) is 23.9 Å². The maximum Gasteiger partial charge on any atom is 0.118 e. The summed E-state index contributed by atoms with van der Waals surface area (Å²) in [4.78, 5) is 4.54. The molecule has 0 bridgehead atoms. The van der Waals surface area contributed by atoms with Crippen molar-refractivity contribution >= 4 is 16.8 Å². The second-order valence-electron chi connectivity index (χ2n) is 3.70. The van der Waals surface area contributed by atoms with Gasteiger partial charge in [-0.3, -0.25) is 4.99 Å². The number of rotatable bonds is 2. The molecule has 1 aromatic carbocycles. The Morgan fingerprint density at radius 1 is 1.27 bits per heavy atom. The number of thioether (sulfide) groups is 1. The molecule has 1 aromatic rings. The van der Waals surface area contributed by atoms with Gasteiger partial charge in [-0.05, 0) is 31.5 Å². The maximum absolute atomic E-state index is 5.14. The Kier molecular flexibility index (Phi) is 3.00. The van der Waals surface area contributed by atoms with Gasteiger partial charge in [0.05, 0.1) is 23.4 Å². The summed E-state index contributed by atoms with van der Waals surface area (Å²) in [5, 5.41) is 1.65. The third kappa shape index (κ3) is 2.17. The van der Waals surface area contributed by atoms with Gasteiger partial charge >= 0.3 is 0 Å². The van der Waals surface area contributed by atoms with Gasteiger partial charge in [0.15, 0.2) is 0 Å². The van der Waals surface area contributed by atoms with Crippen molar-refractivity contribution in [3.63, 3.8) is 0 Å². The van der Waals surface area contributed by atoms with Crippen LogP contribution in [0.4, 0.5) is 0 Å². The fourth-order valence-corrected chi connectivity index (χ4v) is 2.95. The molecule has 80 valence electrons. The van der Waals surface area contributed by atoms with Crippen LogP contribution < -0.4 is 4.74 Å². The third-order valence-corrected chi connectivity index (χ3v) is 3.93. The average Bonchev–Trinajstić information content (AvgIpc) is 2.58. The molecule has 0 spiro atoms. The second kappa shape index (κ2) is 4.27. The number of methoxy groups -OCH3 is 1. The first-order valence-electron chi connectivity index (χ1n) is 5.05. The van der Waals surface area contributed by atoms with Gasteiger partial charge in [0.25, 0.3) is 0 Å². The molecule has 0 saturated heterocycles. The van der Waals surface area contributed by atoms with Crippen molar-refractivity contribution in [2.75, 3.05) is 7.11 Å². The molecule has 15 heavy (non-hydrogen) atoms. The quantitative estimate of drug-likeness (QED) is 0.764. The number of hydrogen-bond acceptors (Lipinski definition) is 3. The van der Waals surface area contributed by atoms with Gasteiger partial charge in [-0.15, -0.1) is 11.8 Å². The zero-order chi connectivity index (χ0) is 10.8. The molecule has 0 aromatic heterocycles. The molecule has 1 unspecified atom stereocenters. The van der Waals surface area contributed by atoms with Crippen molar-refractivity contribution in [1.29, 1.82) is 0 Å². The van der Waals surface area contributed by atoms with Crippen molar-refractivity contribution in [3.8, 4) is 5.75 Å². The molecule has 3 heteroatoms. The summed E-state index contributed by atoms with van der Waals surface area (Å²) < 4.78 is 5.14. The molecule has 0 aliphatic carbocycles. The summed E-state index contributed by atoms with van der Waals surface area (Å²) in [6, 6.07) is 8.65. The Hall–Kier alpha value is -0.960. The Bertz CT molecular complexity index is 372. The fourth-order valence-electron chi connectivity index (χ4n) is 1.81. The van der Waals surface area contributed by atoms with Crippen LogP contribution in [0, 0.1) is 0 Å². The van der Waals surface area contributed by atoms with Crippen LogP contribution in [0.25, 0.3) is 0 Å². The minimum atomic E-state index is 0.378. The summed E-state index contributed by atoms with van der Waals surface area (Å²) in [7, 11) is 1.69. The fraction of sp³-hybridized carbons (Fsp3) is 0.417. The largest absolute Gasteiger partial charge is 0.497 e. The Labute approximate surface area is 94.7 Å². The van der Waals surface area contributed by atoms with Gasteiger partial charge in [-0.1, -0.05) is 12.1 Å². The zero-order valence-electron chi connectivity index (χ0n) is 9.23. The van der Waals surface area contributed by atoms with E-state index < -0.39 is 0 Å². The molecule has 0 radical (unpaired) electrons. The summed E-state index contributed by atoms with van der Waals surface area (Å²) in [6.07, 6.45) is 0. The topological polar surface area (TPSA) is 21.6 Å². The lowest BCUT2D eigenvalue weighted by molar-refractivity contribution is 0.414. The van der Waals surface area contributed by atoms with Crippen LogP contribution >= 0.6 is 11.8 Å². The van der Waals surface area contributed by atoms with E-state index in [-0.39, 0.29) is 0 Å². The standard InChI is InChI=1S/C12H15NOS/c1-8-12(15-9(2)13-8)10-4-6-11(14-3)7-5-10/h4-8,12H,1-3H3/t8-,12?/m1/s1. The maximum atomic E-state index is 5.14. The summed E-state index contributed by atoms with van der Waals surface area (Å²) >= 11 is 1.85. The predicted molar refractivity (Wildman–Crippen MR) is 65.9 cm³/mol. The van der Waals surface area contributed by atoms with Crippen LogP contribution in [0.5, 0.6) is 5.75 Å². The van der Waals surface area contributed by atoms with Gasteiger partial charge in [-0.25, -0.2) is 0 Å².